The number of aromatic nitrogens is 1. The van der Waals surface area contributed by atoms with Gasteiger partial charge in [-0.25, -0.2) is 18.8 Å². The second-order valence-electron chi connectivity index (χ2n) is 5.59. The minimum absolute atomic E-state index is 0.0170. The Labute approximate surface area is 157 Å². The highest BCUT2D eigenvalue weighted by molar-refractivity contribution is 5.79. The van der Waals surface area contributed by atoms with Gasteiger partial charge in [-0.15, -0.1) is 0 Å². The molecule has 27 heavy (non-hydrogen) atoms. The highest BCUT2D eigenvalue weighted by Gasteiger charge is 2.07. The van der Waals surface area contributed by atoms with E-state index in [1.54, 1.807) is 13.3 Å². The highest BCUT2D eigenvalue weighted by Crippen LogP contribution is 2.14. The third-order valence-corrected chi connectivity index (χ3v) is 3.58. The molecule has 6 nitrogen and oxygen atoms in total. The summed E-state index contributed by atoms with van der Waals surface area (Å²) in [7, 11) is 1.60. The number of halogens is 2. The molecule has 0 radical (unpaired) electrons. The molecule has 2 rings (SSSR count). The first kappa shape index (κ1) is 20.6. The summed E-state index contributed by atoms with van der Waals surface area (Å²) < 4.78 is 37.6. The monoisotopic (exact) mass is 378 g/mol. The van der Waals surface area contributed by atoms with Gasteiger partial charge in [0.1, 0.15) is 18.2 Å². The number of hydrogen-bond donors (Lipinski definition) is 2. The van der Waals surface area contributed by atoms with Crippen molar-refractivity contribution in [1.29, 1.82) is 0 Å². The molecule has 0 aliphatic carbocycles. The van der Waals surface area contributed by atoms with Gasteiger partial charge >= 0.3 is 0 Å². The summed E-state index contributed by atoms with van der Waals surface area (Å²) >= 11 is 0. The SMILES string of the molecule is CCNC(=NCc1cc(F)ccc1F)NCc1cccnc1OCCOC. The van der Waals surface area contributed by atoms with Crippen LogP contribution in [0.5, 0.6) is 5.88 Å². The van der Waals surface area contributed by atoms with Gasteiger partial charge in [0.05, 0.1) is 13.2 Å². The van der Waals surface area contributed by atoms with E-state index >= 15 is 0 Å². The number of guanidine groups is 1. The minimum atomic E-state index is -0.493. The standard InChI is InChI=1S/C19H24F2N4O2/c1-3-22-19(25-13-15-11-16(20)6-7-17(15)21)24-12-14-5-4-8-23-18(14)27-10-9-26-2/h4-8,11H,3,9-10,12-13H2,1-2H3,(H2,22,24,25). The lowest BCUT2D eigenvalue weighted by Gasteiger charge is -2.14. The van der Waals surface area contributed by atoms with Crippen LogP contribution in [0.15, 0.2) is 41.5 Å². The Hall–Kier alpha value is -2.74. The zero-order chi connectivity index (χ0) is 19.5. The smallest absolute Gasteiger partial charge is 0.218 e. The average molecular weight is 378 g/mol. The molecule has 146 valence electrons. The highest BCUT2D eigenvalue weighted by atomic mass is 19.1. The Morgan fingerprint density at radius 3 is 2.78 bits per heavy atom. The lowest BCUT2D eigenvalue weighted by molar-refractivity contribution is 0.143. The molecule has 1 heterocycles. The molecular formula is C19H24F2N4O2. The molecule has 0 aliphatic heterocycles. The van der Waals surface area contributed by atoms with Crippen molar-refractivity contribution in [3.63, 3.8) is 0 Å². The Morgan fingerprint density at radius 1 is 1.15 bits per heavy atom. The van der Waals surface area contributed by atoms with Crippen molar-refractivity contribution >= 4 is 5.96 Å². The van der Waals surface area contributed by atoms with Crippen LogP contribution in [0.2, 0.25) is 0 Å². The summed E-state index contributed by atoms with van der Waals surface area (Å²) in [5, 5.41) is 6.21. The van der Waals surface area contributed by atoms with Crippen LogP contribution in [0.4, 0.5) is 8.78 Å². The maximum atomic E-state index is 13.7. The van der Waals surface area contributed by atoms with Gasteiger partial charge in [-0.2, -0.15) is 0 Å². The molecule has 0 saturated heterocycles. The van der Waals surface area contributed by atoms with Gasteiger partial charge in [0.25, 0.3) is 0 Å². The number of benzene rings is 1. The molecule has 0 amide bonds. The second kappa shape index (κ2) is 11.1. The van der Waals surface area contributed by atoms with E-state index in [1.165, 1.54) is 0 Å². The Kier molecular flexibility index (Phi) is 8.44. The number of nitrogens with zero attached hydrogens (tertiary/aromatic N) is 2. The van der Waals surface area contributed by atoms with E-state index < -0.39 is 11.6 Å². The molecular weight excluding hydrogens is 354 g/mol. The van der Waals surface area contributed by atoms with Gasteiger partial charge < -0.3 is 20.1 Å². The van der Waals surface area contributed by atoms with Crippen molar-refractivity contribution in [3.8, 4) is 5.88 Å². The molecule has 2 aromatic rings. The summed E-state index contributed by atoms with van der Waals surface area (Å²) in [5.41, 5.74) is 1.04. The van der Waals surface area contributed by atoms with E-state index in [9.17, 15) is 8.78 Å². The molecule has 0 unspecified atom stereocenters. The van der Waals surface area contributed by atoms with E-state index in [4.69, 9.17) is 9.47 Å². The Bertz CT molecular complexity index is 756. The summed E-state index contributed by atoms with van der Waals surface area (Å²) in [4.78, 5) is 8.53. The van der Waals surface area contributed by atoms with Crippen molar-refractivity contribution < 1.29 is 18.3 Å². The summed E-state index contributed by atoms with van der Waals surface area (Å²) in [6.45, 7) is 3.84. The zero-order valence-corrected chi connectivity index (χ0v) is 15.5. The predicted octanol–water partition coefficient (Wildman–Crippen LogP) is 2.64. The molecule has 0 atom stereocenters. The summed E-state index contributed by atoms with van der Waals surface area (Å²) in [5.74, 6) is 0.00628. The Balaban J connectivity index is 2.03. The van der Waals surface area contributed by atoms with Crippen LogP contribution in [-0.4, -0.2) is 37.8 Å². The van der Waals surface area contributed by atoms with Crippen molar-refractivity contribution in [1.82, 2.24) is 15.6 Å². The third kappa shape index (κ3) is 6.82. The molecule has 2 N–H and O–H groups in total. The lowest BCUT2D eigenvalue weighted by Crippen LogP contribution is -2.37. The van der Waals surface area contributed by atoms with Crippen LogP contribution in [0.1, 0.15) is 18.1 Å². The van der Waals surface area contributed by atoms with E-state index in [-0.39, 0.29) is 12.1 Å². The van der Waals surface area contributed by atoms with Crippen LogP contribution in [0, 0.1) is 11.6 Å². The molecule has 0 saturated carbocycles. The molecule has 1 aromatic carbocycles. The maximum absolute atomic E-state index is 13.7. The largest absolute Gasteiger partial charge is 0.475 e. The second-order valence-corrected chi connectivity index (χ2v) is 5.59. The number of hydrogen-bond acceptors (Lipinski definition) is 4. The van der Waals surface area contributed by atoms with Crippen molar-refractivity contribution in [2.45, 2.75) is 20.0 Å². The molecule has 0 spiro atoms. The zero-order valence-electron chi connectivity index (χ0n) is 15.5. The summed E-state index contributed by atoms with van der Waals surface area (Å²) in [6.07, 6.45) is 1.65. The first-order chi connectivity index (χ1) is 13.1. The molecule has 1 aromatic heterocycles. The van der Waals surface area contributed by atoms with Gasteiger partial charge in [0.15, 0.2) is 5.96 Å². The number of nitrogens with one attached hydrogen (secondary N) is 2. The first-order valence-corrected chi connectivity index (χ1v) is 8.65. The fourth-order valence-electron chi connectivity index (χ4n) is 2.26. The number of pyridine rings is 1. The van der Waals surface area contributed by atoms with Crippen LogP contribution in [-0.2, 0) is 17.8 Å². The van der Waals surface area contributed by atoms with E-state index in [0.717, 1.165) is 23.8 Å². The number of aliphatic imine (C=N–C) groups is 1. The topological polar surface area (TPSA) is 67.8 Å². The third-order valence-electron chi connectivity index (χ3n) is 3.58. The normalized spacial score (nSPS) is 11.3. The van der Waals surface area contributed by atoms with Gasteiger partial charge in [-0.05, 0) is 31.2 Å². The fourth-order valence-corrected chi connectivity index (χ4v) is 2.26. The first-order valence-electron chi connectivity index (χ1n) is 8.65. The van der Waals surface area contributed by atoms with E-state index in [0.29, 0.717) is 38.1 Å². The van der Waals surface area contributed by atoms with Crippen molar-refractivity contribution in [2.75, 3.05) is 26.9 Å². The van der Waals surface area contributed by atoms with Crippen LogP contribution in [0.25, 0.3) is 0 Å². The Morgan fingerprint density at radius 2 is 2.00 bits per heavy atom. The van der Waals surface area contributed by atoms with Crippen LogP contribution >= 0.6 is 0 Å². The van der Waals surface area contributed by atoms with Crippen LogP contribution < -0.4 is 15.4 Å². The molecule has 0 aliphatic rings. The average Bonchev–Trinajstić information content (AvgIpc) is 2.67. The van der Waals surface area contributed by atoms with Crippen molar-refractivity contribution in [3.05, 3.63) is 59.3 Å². The van der Waals surface area contributed by atoms with Crippen molar-refractivity contribution in [2.24, 2.45) is 4.99 Å². The summed E-state index contributed by atoms with van der Waals surface area (Å²) in [6, 6.07) is 7.02. The molecule has 8 heteroatoms. The maximum Gasteiger partial charge on any atom is 0.218 e. The lowest BCUT2D eigenvalue weighted by atomic mass is 10.2. The number of ether oxygens (including phenoxy) is 2. The van der Waals surface area contributed by atoms with Gasteiger partial charge in [-0.1, -0.05) is 6.07 Å². The number of rotatable bonds is 9. The van der Waals surface area contributed by atoms with Gasteiger partial charge in [-0.3, -0.25) is 0 Å². The number of methoxy groups -OCH3 is 1. The molecule has 0 fully saturated rings. The van der Waals surface area contributed by atoms with Crippen LogP contribution in [0.3, 0.4) is 0 Å². The van der Waals surface area contributed by atoms with Gasteiger partial charge in [0, 0.05) is 37.5 Å². The molecule has 0 bridgehead atoms. The van der Waals surface area contributed by atoms with Gasteiger partial charge in [0.2, 0.25) is 5.88 Å². The van der Waals surface area contributed by atoms with E-state index in [1.807, 2.05) is 19.1 Å². The quantitative estimate of drug-likeness (QED) is 0.399. The van der Waals surface area contributed by atoms with E-state index in [2.05, 4.69) is 20.6 Å². The predicted molar refractivity (Wildman–Crippen MR) is 99.6 cm³/mol. The minimum Gasteiger partial charge on any atom is -0.475 e. The fraction of sp³-hybridized carbons (Fsp3) is 0.368.